The zero-order valence-electron chi connectivity index (χ0n) is 17.6. The molecule has 2 heterocycles. The van der Waals surface area contributed by atoms with Crippen molar-refractivity contribution in [1.29, 1.82) is 0 Å². The van der Waals surface area contributed by atoms with Crippen molar-refractivity contribution in [3.8, 4) is 5.75 Å². The van der Waals surface area contributed by atoms with E-state index < -0.39 is 82.2 Å². The van der Waals surface area contributed by atoms with Gasteiger partial charge in [-0.25, -0.2) is 22.0 Å². The van der Waals surface area contributed by atoms with Gasteiger partial charge in [0.05, 0.1) is 0 Å². The number of alkyl halides is 2. The van der Waals surface area contributed by atoms with E-state index >= 15 is 0 Å². The molecule has 2 aromatic rings. The van der Waals surface area contributed by atoms with Crippen LogP contribution in [0.4, 0.5) is 22.0 Å². The first-order chi connectivity index (χ1) is 15.3. The molecule has 1 aromatic heterocycles. The number of fused-ring (bicyclic) bond motifs is 1. The number of rotatable bonds is 6. The Hall–Kier alpha value is -3.44. The van der Waals surface area contributed by atoms with Crippen LogP contribution in [0, 0.1) is 17.5 Å². The minimum absolute atomic E-state index is 0.00393. The van der Waals surface area contributed by atoms with Crippen molar-refractivity contribution in [3.63, 3.8) is 0 Å². The fourth-order valence-corrected chi connectivity index (χ4v) is 3.72. The molecule has 0 aliphatic carbocycles. The van der Waals surface area contributed by atoms with Crippen molar-refractivity contribution in [2.45, 2.75) is 45.3 Å². The van der Waals surface area contributed by atoms with E-state index in [1.165, 1.54) is 6.92 Å². The predicted octanol–water partition coefficient (Wildman–Crippen LogP) is 2.79. The first-order valence-corrected chi connectivity index (χ1v) is 9.87. The van der Waals surface area contributed by atoms with Gasteiger partial charge in [0.15, 0.2) is 11.4 Å². The lowest BCUT2D eigenvalue weighted by Gasteiger charge is -2.35. The van der Waals surface area contributed by atoms with E-state index in [0.29, 0.717) is 19.1 Å². The lowest BCUT2D eigenvalue weighted by molar-refractivity contribution is -0.0119. The molecule has 12 heteroatoms. The number of carbonyl (C=O) groups excluding carboxylic acids is 2. The number of carbonyl (C=O) groups is 2. The van der Waals surface area contributed by atoms with Crippen molar-refractivity contribution >= 4 is 11.8 Å². The number of halogens is 5. The van der Waals surface area contributed by atoms with Crippen molar-refractivity contribution < 1.29 is 36.6 Å². The van der Waals surface area contributed by atoms with Gasteiger partial charge in [-0.3, -0.25) is 14.4 Å². The van der Waals surface area contributed by atoms with Crippen LogP contribution in [0.2, 0.25) is 0 Å². The maximum absolute atomic E-state index is 13.8. The molecule has 1 unspecified atom stereocenters. The van der Waals surface area contributed by atoms with Crippen LogP contribution in [0.15, 0.2) is 23.1 Å². The van der Waals surface area contributed by atoms with Crippen LogP contribution in [-0.2, 0) is 13.1 Å². The Balaban J connectivity index is 1.85. The molecule has 0 spiro atoms. The largest absolute Gasteiger partial charge is 0.503 e. The topological polar surface area (TPSA) is 91.6 Å². The molecule has 2 amide bonds. The molecule has 0 saturated carbocycles. The van der Waals surface area contributed by atoms with Gasteiger partial charge in [0.2, 0.25) is 11.4 Å². The van der Waals surface area contributed by atoms with Crippen LogP contribution in [0.25, 0.3) is 0 Å². The van der Waals surface area contributed by atoms with Crippen LogP contribution in [0.1, 0.15) is 46.7 Å². The van der Waals surface area contributed by atoms with E-state index in [0.717, 1.165) is 15.7 Å². The average Bonchev–Trinajstić information content (AvgIpc) is 2.68. The highest BCUT2D eigenvalue weighted by atomic mass is 19.3. The summed E-state index contributed by atoms with van der Waals surface area (Å²) in [7, 11) is 0. The molecule has 3 rings (SSSR count). The number of benzene rings is 1. The van der Waals surface area contributed by atoms with Gasteiger partial charge < -0.3 is 19.9 Å². The van der Waals surface area contributed by atoms with Gasteiger partial charge in [0, 0.05) is 56.0 Å². The third-order valence-electron chi connectivity index (χ3n) is 5.26. The van der Waals surface area contributed by atoms with Gasteiger partial charge in [0.25, 0.3) is 11.8 Å². The predicted molar refractivity (Wildman–Crippen MR) is 106 cm³/mol. The fourth-order valence-electron chi connectivity index (χ4n) is 3.72. The monoisotopic (exact) mass is 473 g/mol. The van der Waals surface area contributed by atoms with Crippen molar-refractivity contribution in [2.24, 2.45) is 0 Å². The molecule has 178 valence electrons. The van der Waals surface area contributed by atoms with Gasteiger partial charge in [-0.15, -0.1) is 0 Å². The van der Waals surface area contributed by atoms with Gasteiger partial charge in [0.1, 0.15) is 23.0 Å². The van der Waals surface area contributed by atoms with Crippen molar-refractivity contribution in [3.05, 3.63) is 62.8 Å². The molecule has 7 nitrogen and oxygen atoms in total. The fraction of sp³-hybridized carbons (Fsp3) is 0.381. The number of aromatic hydroxyl groups is 1. The maximum atomic E-state index is 13.8. The van der Waals surface area contributed by atoms with Gasteiger partial charge >= 0.3 is 0 Å². The smallest absolute Gasteiger partial charge is 0.274 e. The number of nitrogens with zero attached hydrogens (tertiary/aromatic N) is 2. The zero-order valence-corrected chi connectivity index (χ0v) is 17.6. The van der Waals surface area contributed by atoms with Gasteiger partial charge in [-0.1, -0.05) is 0 Å². The number of pyridine rings is 1. The van der Waals surface area contributed by atoms with Crippen LogP contribution < -0.4 is 10.7 Å². The summed E-state index contributed by atoms with van der Waals surface area (Å²) in [6, 6.07) is -0.0299. The Bertz CT molecular complexity index is 1150. The molecule has 1 aliphatic heterocycles. The summed E-state index contributed by atoms with van der Waals surface area (Å²) in [5, 5.41) is 12.4. The van der Waals surface area contributed by atoms with Crippen LogP contribution >= 0.6 is 0 Å². The Morgan fingerprint density at radius 3 is 2.36 bits per heavy atom. The summed E-state index contributed by atoms with van der Waals surface area (Å²) < 4.78 is 68.4. The number of hydrogen-bond acceptors (Lipinski definition) is 4. The normalized spacial score (nSPS) is 14.8. The maximum Gasteiger partial charge on any atom is 0.274 e. The van der Waals surface area contributed by atoms with E-state index in [4.69, 9.17) is 0 Å². The van der Waals surface area contributed by atoms with E-state index in [1.54, 1.807) is 0 Å². The molecular weight excluding hydrogens is 453 g/mol. The first kappa shape index (κ1) is 24.2. The highest BCUT2D eigenvalue weighted by Gasteiger charge is 2.36. The first-order valence-electron chi connectivity index (χ1n) is 9.87. The summed E-state index contributed by atoms with van der Waals surface area (Å²) in [5.41, 5.74) is -2.92. The minimum atomic E-state index is -3.04. The number of amides is 2. The van der Waals surface area contributed by atoms with Crippen LogP contribution in [0.5, 0.6) is 5.75 Å². The molecule has 33 heavy (non-hydrogen) atoms. The van der Waals surface area contributed by atoms with E-state index in [2.05, 4.69) is 5.32 Å². The second-order valence-corrected chi connectivity index (χ2v) is 7.92. The van der Waals surface area contributed by atoms with Crippen molar-refractivity contribution in [1.82, 2.24) is 14.8 Å². The standard InChI is InChI=1S/C21H20F5N3O4/c1-10(7-21(2,25)26)29-4-3-28-9-13(17(30)18(31)16(28)20(29)33)19(32)27-8-12-14(23)5-11(22)6-15(12)24/h5-6,9-10,31H,3-4,7-8H2,1-2H3,(H,27,32). The third-order valence-corrected chi connectivity index (χ3v) is 5.26. The average molecular weight is 473 g/mol. The summed E-state index contributed by atoms with van der Waals surface area (Å²) in [5.74, 6) is -9.66. The summed E-state index contributed by atoms with van der Waals surface area (Å²) in [4.78, 5) is 38.8. The van der Waals surface area contributed by atoms with Crippen molar-refractivity contribution in [2.75, 3.05) is 6.54 Å². The highest BCUT2D eigenvalue weighted by Crippen LogP contribution is 2.27. The second-order valence-electron chi connectivity index (χ2n) is 7.92. The summed E-state index contributed by atoms with van der Waals surface area (Å²) in [6.45, 7) is 1.39. The number of aromatic nitrogens is 1. The number of nitrogens with one attached hydrogen (secondary N) is 1. The van der Waals surface area contributed by atoms with E-state index in [-0.39, 0.29) is 13.1 Å². The Labute approximate surface area is 184 Å². The molecule has 0 fully saturated rings. The molecule has 2 N–H and O–H groups in total. The van der Waals surface area contributed by atoms with Crippen LogP contribution in [0.3, 0.4) is 0 Å². The van der Waals surface area contributed by atoms with E-state index in [9.17, 15) is 41.4 Å². The molecule has 0 radical (unpaired) electrons. The minimum Gasteiger partial charge on any atom is -0.503 e. The molecular formula is C21H20F5N3O4. The lowest BCUT2D eigenvalue weighted by Crippen LogP contribution is -2.48. The Kier molecular flexibility index (Phi) is 6.48. The number of hydrogen-bond donors (Lipinski definition) is 2. The second kappa shape index (κ2) is 8.83. The van der Waals surface area contributed by atoms with Crippen LogP contribution in [-0.4, -0.2) is 44.9 Å². The molecule has 1 atom stereocenters. The van der Waals surface area contributed by atoms with Gasteiger partial charge in [-0.05, 0) is 13.8 Å². The SMILES string of the molecule is CC(CC(C)(F)F)N1CCn2cc(C(=O)NCc3c(F)cc(F)cc3F)c(=O)c(O)c2C1=O. The molecule has 1 aliphatic rings. The molecule has 0 bridgehead atoms. The summed E-state index contributed by atoms with van der Waals surface area (Å²) >= 11 is 0. The van der Waals surface area contributed by atoms with Gasteiger partial charge in [-0.2, -0.15) is 0 Å². The Morgan fingerprint density at radius 1 is 1.18 bits per heavy atom. The Morgan fingerprint density at radius 2 is 1.79 bits per heavy atom. The summed E-state index contributed by atoms with van der Waals surface area (Å²) in [6.07, 6.45) is 0.374. The highest BCUT2D eigenvalue weighted by molar-refractivity contribution is 5.99. The molecule has 0 saturated heterocycles. The zero-order chi connectivity index (χ0) is 24.7. The molecule has 1 aromatic carbocycles. The van der Waals surface area contributed by atoms with E-state index in [1.807, 2.05) is 0 Å². The lowest BCUT2D eigenvalue weighted by atomic mass is 10.1. The quantitative estimate of drug-likeness (QED) is 0.632. The third kappa shape index (κ3) is 4.99.